The van der Waals surface area contributed by atoms with Gasteiger partial charge in [-0.25, -0.2) is 0 Å². The average molecular weight is 411 g/mol. The van der Waals surface area contributed by atoms with Gasteiger partial charge in [0.2, 0.25) is 11.8 Å². The number of benzene rings is 2. The van der Waals surface area contributed by atoms with E-state index >= 15 is 0 Å². The van der Waals surface area contributed by atoms with Gasteiger partial charge in [-0.1, -0.05) is 94.8 Å². The van der Waals surface area contributed by atoms with Gasteiger partial charge in [-0.3, -0.25) is 9.59 Å². The summed E-state index contributed by atoms with van der Waals surface area (Å²) < 4.78 is 0. The van der Waals surface area contributed by atoms with Crippen molar-refractivity contribution in [3.63, 3.8) is 0 Å². The first-order valence-corrected chi connectivity index (χ1v) is 10.7. The topological polar surface area (TPSA) is 78.4 Å². The van der Waals surface area contributed by atoms with Crippen LogP contribution in [-0.4, -0.2) is 35.6 Å². The summed E-state index contributed by atoms with van der Waals surface area (Å²) in [5.74, 6) is -0.950. The molecule has 0 saturated carbocycles. The summed E-state index contributed by atoms with van der Waals surface area (Å²) in [6, 6.07) is 18.1. The number of hydrogen-bond donors (Lipinski definition) is 3. The number of aliphatic hydroxyl groups excluding tert-OH is 1. The zero-order valence-electron chi connectivity index (χ0n) is 18.3. The molecule has 0 aliphatic rings. The predicted octanol–water partition coefficient (Wildman–Crippen LogP) is 3.48. The second kappa shape index (κ2) is 11.5. The molecule has 0 spiro atoms. The quantitative estimate of drug-likeness (QED) is 0.561. The summed E-state index contributed by atoms with van der Waals surface area (Å²) >= 11 is 0. The standard InChI is InChI=1S/C25H34N2O3/c1-5-18(4)21(16-28)26-25(30)23(17(2)3)27-24(29)22(19-12-8-6-9-13-19)20-14-10-7-11-15-20/h6-15,17-18,21-23,28H,5,16H2,1-4H3,(H,26,30)(H,27,29)/t18-,21-,23+/m0/s1. The van der Waals surface area contributed by atoms with Crippen LogP contribution in [0.4, 0.5) is 0 Å². The Hall–Kier alpha value is -2.66. The molecule has 2 amide bonds. The van der Waals surface area contributed by atoms with Crippen molar-refractivity contribution >= 4 is 11.8 Å². The molecule has 2 aromatic carbocycles. The molecule has 0 unspecified atom stereocenters. The lowest BCUT2D eigenvalue weighted by atomic mass is 9.89. The van der Waals surface area contributed by atoms with Gasteiger partial charge in [0, 0.05) is 0 Å². The first-order chi connectivity index (χ1) is 14.4. The molecule has 0 saturated heterocycles. The maximum atomic E-state index is 13.4. The van der Waals surface area contributed by atoms with Crippen LogP contribution in [0, 0.1) is 11.8 Å². The summed E-state index contributed by atoms with van der Waals surface area (Å²) in [6.45, 7) is 7.69. The molecule has 2 rings (SSSR count). The van der Waals surface area contributed by atoms with Crippen LogP contribution in [0.15, 0.2) is 60.7 Å². The molecule has 0 bridgehead atoms. The summed E-state index contributed by atoms with van der Waals surface area (Å²) in [7, 11) is 0. The van der Waals surface area contributed by atoms with E-state index in [4.69, 9.17) is 0 Å². The highest BCUT2D eigenvalue weighted by Crippen LogP contribution is 2.25. The molecule has 3 N–H and O–H groups in total. The number of aliphatic hydroxyl groups is 1. The van der Waals surface area contributed by atoms with Crippen molar-refractivity contribution in [1.29, 1.82) is 0 Å². The molecule has 5 nitrogen and oxygen atoms in total. The Kier molecular flexibility index (Phi) is 9.06. The minimum absolute atomic E-state index is 0.0996. The van der Waals surface area contributed by atoms with Gasteiger partial charge in [0.15, 0.2) is 0 Å². The van der Waals surface area contributed by atoms with Gasteiger partial charge in [-0.2, -0.15) is 0 Å². The highest BCUT2D eigenvalue weighted by atomic mass is 16.3. The van der Waals surface area contributed by atoms with E-state index in [1.165, 1.54) is 0 Å². The first kappa shape index (κ1) is 23.6. The Balaban J connectivity index is 2.25. The van der Waals surface area contributed by atoms with Crippen LogP contribution >= 0.6 is 0 Å². The number of carbonyl (C=O) groups excluding carboxylic acids is 2. The minimum atomic E-state index is -0.689. The van der Waals surface area contributed by atoms with Crippen molar-refractivity contribution in [2.24, 2.45) is 11.8 Å². The molecule has 30 heavy (non-hydrogen) atoms. The van der Waals surface area contributed by atoms with Crippen LogP contribution < -0.4 is 10.6 Å². The molecule has 3 atom stereocenters. The summed E-state index contributed by atoms with van der Waals surface area (Å²) in [4.78, 5) is 26.3. The van der Waals surface area contributed by atoms with Crippen LogP contribution in [0.2, 0.25) is 0 Å². The van der Waals surface area contributed by atoms with Crippen molar-refractivity contribution in [3.05, 3.63) is 71.8 Å². The van der Waals surface area contributed by atoms with Crippen LogP contribution in [0.25, 0.3) is 0 Å². The maximum absolute atomic E-state index is 13.4. The third kappa shape index (κ3) is 6.17. The fraction of sp³-hybridized carbons (Fsp3) is 0.440. The van der Waals surface area contributed by atoms with Gasteiger partial charge < -0.3 is 15.7 Å². The summed E-state index contributed by atoms with van der Waals surface area (Å²) in [5, 5.41) is 15.5. The van der Waals surface area contributed by atoms with Crippen LogP contribution in [0.3, 0.4) is 0 Å². The maximum Gasteiger partial charge on any atom is 0.243 e. The second-order valence-corrected chi connectivity index (χ2v) is 8.17. The van der Waals surface area contributed by atoms with Crippen molar-refractivity contribution in [2.45, 2.75) is 52.1 Å². The second-order valence-electron chi connectivity index (χ2n) is 8.17. The zero-order chi connectivity index (χ0) is 22.1. The highest BCUT2D eigenvalue weighted by Gasteiger charge is 2.31. The van der Waals surface area contributed by atoms with Crippen LogP contribution in [-0.2, 0) is 9.59 Å². The van der Waals surface area contributed by atoms with Crippen molar-refractivity contribution in [3.8, 4) is 0 Å². The van der Waals surface area contributed by atoms with Gasteiger partial charge >= 0.3 is 0 Å². The van der Waals surface area contributed by atoms with Crippen molar-refractivity contribution < 1.29 is 14.7 Å². The third-order valence-corrected chi connectivity index (χ3v) is 5.63. The summed E-state index contributed by atoms with van der Waals surface area (Å²) in [5.41, 5.74) is 1.74. The SMILES string of the molecule is CC[C@H](C)[C@H](CO)NC(=O)[C@H](NC(=O)C(c1ccccc1)c1ccccc1)C(C)C. The lowest BCUT2D eigenvalue weighted by molar-refractivity contribution is -0.131. The highest BCUT2D eigenvalue weighted by molar-refractivity contribution is 5.92. The van der Waals surface area contributed by atoms with Crippen molar-refractivity contribution in [1.82, 2.24) is 10.6 Å². The molecule has 0 heterocycles. The molecule has 0 aliphatic carbocycles. The molecular formula is C25H34N2O3. The molecule has 0 fully saturated rings. The number of amides is 2. The van der Waals surface area contributed by atoms with E-state index in [2.05, 4.69) is 10.6 Å². The summed E-state index contributed by atoms with van der Waals surface area (Å²) in [6.07, 6.45) is 0.842. The fourth-order valence-corrected chi connectivity index (χ4v) is 3.48. The molecule has 162 valence electrons. The van der Waals surface area contributed by atoms with E-state index in [0.717, 1.165) is 17.5 Å². The number of nitrogens with one attached hydrogen (secondary N) is 2. The Morgan fingerprint density at radius 3 is 1.73 bits per heavy atom. The van der Waals surface area contributed by atoms with E-state index in [0.29, 0.717) is 0 Å². The van der Waals surface area contributed by atoms with Gasteiger partial charge in [0.05, 0.1) is 18.6 Å². The Morgan fingerprint density at radius 1 is 0.833 bits per heavy atom. The third-order valence-electron chi connectivity index (χ3n) is 5.63. The Labute approximate surface area is 179 Å². The van der Waals surface area contributed by atoms with Gasteiger partial charge in [-0.15, -0.1) is 0 Å². The number of hydrogen-bond acceptors (Lipinski definition) is 3. The smallest absolute Gasteiger partial charge is 0.243 e. The van der Waals surface area contributed by atoms with E-state index < -0.39 is 12.0 Å². The molecule has 5 heteroatoms. The molecule has 0 aliphatic heterocycles. The molecule has 0 aromatic heterocycles. The number of carbonyl (C=O) groups is 2. The predicted molar refractivity (Wildman–Crippen MR) is 120 cm³/mol. The van der Waals surface area contributed by atoms with Crippen LogP contribution in [0.1, 0.15) is 51.2 Å². The normalized spacial score (nSPS) is 14.2. The van der Waals surface area contributed by atoms with E-state index in [-0.39, 0.29) is 36.3 Å². The number of rotatable bonds is 10. The monoisotopic (exact) mass is 410 g/mol. The zero-order valence-corrected chi connectivity index (χ0v) is 18.3. The Morgan fingerprint density at radius 2 is 1.33 bits per heavy atom. The lowest BCUT2D eigenvalue weighted by Crippen LogP contribution is -2.54. The van der Waals surface area contributed by atoms with Gasteiger partial charge in [0.25, 0.3) is 0 Å². The largest absolute Gasteiger partial charge is 0.394 e. The van der Waals surface area contributed by atoms with Crippen molar-refractivity contribution in [2.75, 3.05) is 6.61 Å². The molecule has 2 aromatic rings. The van der Waals surface area contributed by atoms with E-state index in [1.54, 1.807) is 0 Å². The molecular weight excluding hydrogens is 376 g/mol. The van der Waals surface area contributed by atoms with E-state index in [9.17, 15) is 14.7 Å². The fourth-order valence-electron chi connectivity index (χ4n) is 3.48. The minimum Gasteiger partial charge on any atom is -0.394 e. The van der Waals surface area contributed by atoms with Crippen LogP contribution in [0.5, 0.6) is 0 Å². The Bertz CT molecular complexity index is 753. The van der Waals surface area contributed by atoms with E-state index in [1.807, 2.05) is 88.4 Å². The average Bonchev–Trinajstić information content (AvgIpc) is 2.76. The first-order valence-electron chi connectivity index (χ1n) is 10.7. The van der Waals surface area contributed by atoms with Gasteiger partial charge in [-0.05, 0) is 23.0 Å². The molecule has 0 radical (unpaired) electrons. The van der Waals surface area contributed by atoms with Gasteiger partial charge in [0.1, 0.15) is 6.04 Å². The lowest BCUT2D eigenvalue weighted by Gasteiger charge is -2.29.